The number of fused-ring (bicyclic) bond motifs is 1. The Balaban J connectivity index is 1.94. The van der Waals surface area contributed by atoms with E-state index in [1.165, 1.54) is 0 Å². The predicted octanol–water partition coefficient (Wildman–Crippen LogP) is 2.70. The molecule has 0 saturated carbocycles. The lowest BCUT2D eigenvalue weighted by Gasteiger charge is -2.09. The highest BCUT2D eigenvalue weighted by molar-refractivity contribution is 6.05. The number of rotatable bonds is 4. The lowest BCUT2D eigenvalue weighted by Crippen LogP contribution is -2.12. The van der Waals surface area contributed by atoms with E-state index in [1.807, 2.05) is 18.2 Å². The van der Waals surface area contributed by atoms with Crippen molar-refractivity contribution in [1.29, 1.82) is 0 Å². The largest absolute Gasteiger partial charge is 0.496 e. The Morgan fingerprint density at radius 3 is 2.43 bits per heavy atom. The SMILES string of the molecule is COc1ccc(OC)c2c1CC(Cc1ccncc1)C2=O. The van der Waals surface area contributed by atoms with Gasteiger partial charge >= 0.3 is 0 Å². The van der Waals surface area contributed by atoms with Gasteiger partial charge in [-0.25, -0.2) is 0 Å². The predicted molar refractivity (Wildman–Crippen MR) is 79.0 cm³/mol. The van der Waals surface area contributed by atoms with Crippen LogP contribution in [0.4, 0.5) is 0 Å². The smallest absolute Gasteiger partial charge is 0.170 e. The molecule has 1 aliphatic rings. The van der Waals surface area contributed by atoms with E-state index in [0.717, 1.165) is 16.9 Å². The third-order valence-corrected chi connectivity index (χ3v) is 3.97. The van der Waals surface area contributed by atoms with E-state index >= 15 is 0 Å². The Morgan fingerprint density at radius 2 is 1.76 bits per heavy atom. The molecule has 4 heteroatoms. The van der Waals surface area contributed by atoms with Crippen LogP contribution in [-0.2, 0) is 12.8 Å². The topological polar surface area (TPSA) is 48.4 Å². The van der Waals surface area contributed by atoms with Crippen LogP contribution in [0.3, 0.4) is 0 Å². The van der Waals surface area contributed by atoms with Gasteiger partial charge in [0.2, 0.25) is 0 Å². The van der Waals surface area contributed by atoms with Gasteiger partial charge in [-0.15, -0.1) is 0 Å². The molecule has 0 bridgehead atoms. The van der Waals surface area contributed by atoms with Gasteiger partial charge in [-0.3, -0.25) is 9.78 Å². The van der Waals surface area contributed by atoms with E-state index in [1.54, 1.807) is 32.7 Å². The number of ether oxygens (including phenoxy) is 2. The first-order valence-corrected chi connectivity index (χ1v) is 6.91. The van der Waals surface area contributed by atoms with E-state index in [2.05, 4.69) is 4.98 Å². The molecule has 1 aromatic heterocycles. The van der Waals surface area contributed by atoms with Crippen molar-refractivity contribution in [3.63, 3.8) is 0 Å². The zero-order valence-electron chi connectivity index (χ0n) is 12.1. The molecule has 21 heavy (non-hydrogen) atoms. The number of hydrogen-bond acceptors (Lipinski definition) is 4. The Kier molecular flexibility index (Phi) is 3.60. The Bertz CT molecular complexity index is 667. The van der Waals surface area contributed by atoms with Crippen LogP contribution in [0.2, 0.25) is 0 Å². The van der Waals surface area contributed by atoms with Crippen molar-refractivity contribution >= 4 is 5.78 Å². The number of hydrogen-bond donors (Lipinski definition) is 0. The maximum atomic E-state index is 12.7. The maximum absolute atomic E-state index is 12.7. The van der Waals surface area contributed by atoms with Crippen molar-refractivity contribution in [2.24, 2.45) is 5.92 Å². The molecule has 0 fully saturated rings. The normalized spacial score (nSPS) is 16.7. The minimum atomic E-state index is -0.0624. The summed E-state index contributed by atoms with van der Waals surface area (Å²) in [5, 5.41) is 0. The van der Waals surface area contributed by atoms with Gasteiger partial charge in [0.05, 0.1) is 19.8 Å². The highest BCUT2D eigenvalue weighted by Gasteiger charge is 2.35. The fourth-order valence-electron chi connectivity index (χ4n) is 2.95. The van der Waals surface area contributed by atoms with Crippen molar-refractivity contribution in [2.75, 3.05) is 14.2 Å². The zero-order valence-corrected chi connectivity index (χ0v) is 12.1. The molecule has 1 aliphatic carbocycles. The van der Waals surface area contributed by atoms with Crippen LogP contribution in [0.5, 0.6) is 11.5 Å². The molecule has 1 unspecified atom stereocenters. The average Bonchev–Trinajstić information content (AvgIpc) is 2.85. The monoisotopic (exact) mass is 283 g/mol. The third-order valence-electron chi connectivity index (χ3n) is 3.97. The molecule has 0 radical (unpaired) electrons. The van der Waals surface area contributed by atoms with Crippen LogP contribution < -0.4 is 9.47 Å². The number of aromatic nitrogens is 1. The summed E-state index contributed by atoms with van der Waals surface area (Å²) in [6, 6.07) is 7.56. The second-order valence-corrected chi connectivity index (χ2v) is 5.15. The van der Waals surface area contributed by atoms with Crippen LogP contribution in [0.1, 0.15) is 21.5 Å². The van der Waals surface area contributed by atoms with E-state index < -0.39 is 0 Å². The van der Waals surface area contributed by atoms with Crippen LogP contribution in [0.25, 0.3) is 0 Å². The summed E-state index contributed by atoms with van der Waals surface area (Å²) in [5.74, 6) is 1.47. The number of ketones is 1. The molecule has 0 amide bonds. The molecule has 3 rings (SSSR count). The third kappa shape index (κ3) is 2.37. The average molecular weight is 283 g/mol. The first kappa shape index (κ1) is 13.6. The fraction of sp³-hybridized carbons (Fsp3) is 0.294. The maximum Gasteiger partial charge on any atom is 0.170 e. The van der Waals surface area contributed by atoms with E-state index in [0.29, 0.717) is 24.2 Å². The minimum Gasteiger partial charge on any atom is -0.496 e. The molecule has 0 N–H and O–H groups in total. The molecule has 1 atom stereocenters. The molecule has 0 spiro atoms. The molecule has 0 saturated heterocycles. The van der Waals surface area contributed by atoms with Crippen molar-refractivity contribution < 1.29 is 14.3 Å². The number of pyridine rings is 1. The highest BCUT2D eigenvalue weighted by atomic mass is 16.5. The van der Waals surface area contributed by atoms with Crippen molar-refractivity contribution in [1.82, 2.24) is 4.98 Å². The van der Waals surface area contributed by atoms with Gasteiger partial charge in [0.25, 0.3) is 0 Å². The van der Waals surface area contributed by atoms with E-state index in [-0.39, 0.29) is 11.7 Å². The minimum absolute atomic E-state index is 0.0624. The standard InChI is InChI=1S/C17H17NO3/c1-20-14-3-4-15(21-2)16-13(14)10-12(17(16)19)9-11-5-7-18-8-6-11/h3-8,12H,9-10H2,1-2H3. The molecule has 2 aromatic rings. The highest BCUT2D eigenvalue weighted by Crippen LogP contribution is 2.40. The quantitative estimate of drug-likeness (QED) is 0.865. The Morgan fingerprint density at radius 1 is 1.10 bits per heavy atom. The lowest BCUT2D eigenvalue weighted by atomic mass is 9.96. The van der Waals surface area contributed by atoms with E-state index in [4.69, 9.17) is 9.47 Å². The number of Topliss-reactive ketones (excluding diaryl/α,β-unsaturated/α-hetero) is 1. The van der Waals surface area contributed by atoms with Crippen LogP contribution >= 0.6 is 0 Å². The van der Waals surface area contributed by atoms with Gasteiger partial charge in [0, 0.05) is 23.9 Å². The van der Waals surface area contributed by atoms with Gasteiger partial charge < -0.3 is 9.47 Å². The number of carbonyl (C=O) groups excluding carboxylic acids is 1. The zero-order chi connectivity index (χ0) is 14.8. The molecule has 108 valence electrons. The van der Waals surface area contributed by atoms with Crippen molar-refractivity contribution in [3.05, 3.63) is 53.3 Å². The summed E-state index contributed by atoms with van der Waals surface area (Å²) in [4.78, 5) is 16.7. The summed E-state index contributed by atoms with van der Waals surface area (Å²) in [5.41, 5.74) is 2.76. The van der Waals surface area contributed by atoms with Crippen LogP contribution in [0.15, 0.2) is 36.7 Å². The molecular formula is C17H17NO3. The first-order chi connectivity index (χ1) is 10.2. The fourth-order valence-corrected chi connectivity index (χ4v) is 2.95. The Labute approximate surface area is 123 Å². The van der Waals surface area contributed by atoms with Gasteiger partial charge in [-0.2, -0.15) is 0 Å². The lowest BCUT2D eigenvalue weighted by molar-refractivity contribution is 0.0933. The number of nitrogens with zero attached hydrogens (tertiary/aromatic N) is 1. The molecule has 1 heterocycles. The molecule has 0 aliphatic heterocycles. The number of methoxy groups -OCH3 is 2. The summed E-state index contributed by atoms with van der Waals surface area (Å²) >= 11 is 0. The summed E-state index contributed by atoms with van der Waals surface area (Å²) in [7, 11) is 3.22. The Hall–Kier alpha value is -2.36. The van der Waals surface area contributed by atoms with Gasteiger partial charge in [-0.05, 0) is 42.7 Å². The molecule has 4 nitrogen and oxygen atoms in total. The van der Waals surface area contributed by atoms with Gasteiger partial charge in [-0.1, -0.05) is 0 Å². The molecule has 1 aromatic carbocycles. The van der Waals surface area contributed by atoms with Crippen LogP contribution in [-0.4, -0.2) is 25.0 Å². The van der Waals surface area contributed by atoms with E-state index in [9.17, 15) is 4.79 Å². The second-order valence-electron chi connectivity index (χ2n) is 5.15. The van der Waals surface area contributed by atoms with Crippen molar-refractivity contribution in [2.45, 2.75) is 12.8 Å². The molecular weight excluding hydrogens is 266 g/mol. The number of carbonyl (C=O) groups is 1. The first-order valence-electron chi connectivity index (χ1n) is 6.91. The number of benzene rings is 1. The second kappa shape index (κ2) is 5.56. The van der Waals surface area contributed by atoms with Crippen molar-refractivity contribution in [3.8, 4) is 11.5 Å². The van der Waals surface area contributed by atoms with Gasteiger partial charge in [0.1, 0.15) is 11.5 Å². The van der Waals surface area contributed by atoms with Gasteiger partial charge in [0.15, 0.2) is 5.78 Å². The summed E-state index contributed by atoms with van der Waals surface area (Å²) in [6.45, 7) is 0. The van der Waals surface area contributed by atoms with Crippen LogP contribution in [0, 0.1) is 5.92 Å². The summed E-state index contributed by atoms with van der Waals surface area (Å²) < 4.78 is 10.7. The summed E-state index contributed by atoms with van der Waals surface area (Å²) in [6.07, 6.45) is 4.91.